The van der Waals surface area contributed by atoms with Crippen LogP contribution in [-0.2, 0) is 10.5 Å². The van der Waals surface area contributed by atoms with Gasteiger partial charge >= 0.3 is 0 Å². The molecular weight excluding hydrogens is 370 g/mol. The highest BCUT2D eigenvalue weighted by Crippen LogP contribution is 2.29. The molecule has 0 radical (unpaired) electrons. The van der Waals surface area contributed by atoms with Crippen molar-refractivity contribution in [3.05, 3.63) is 59.2 Å². The molecule has 3 rings (SSSR count). The Balaban J connectivity index is 1.58. The fourth-order valence-corrected chi connectivity index (χ4v) is 4.18. The quantitative estimate of drug-likeness (QED) is 0.584. The average Bonchev–Trinajstić information content (AvgIpc) is 2.69. The maximum absolute atomic E-state index is 12.5. The summed E-state index contributed by atoms with van der Waals surface area (Å²) in [7, 11) is 0. The number of thioether (sulfide) groups is 1. The number of hydrogen-bond acceptors (Lipinski definition) is 4. The molecule has 1 aliphatic heterocycles. The van der Waals surface area contributed by atoms with Gasteiger partial charge in [0.05, 0.1) is 11.4 Å². The zero-order valence-electron chi connectivity index (χ0n) is 16.4. The van der Waals surface area contributed by atoms with Gasteiger partial charge in [-0.25, -0.2) is 0 Å². The van der Waals surface area contributed by atoms with Crippen molar-refractivity contribution in [2.45, 2.75) is 38.5 Å². The number of aryl methyl sites for hydroxylation is 1. The first-order valence-corrected chi connectivity index (χ1v) is 10.9. The van der Waals surface area contributed by atoms with Gasteiger partial charge in [-0.2, -0.15) is 11.8 Å². The van der Waals surface area contributed by atoms with Crippen LogP contribution in [0.4, 0.5) is 11.4 Å². The molecule has 0 bridgehead atoms. The number of fused-ring (bicyclic) bond motifs is 1. The molecule has 0 aliphatic carbocycles. The monoisotopic (exact) mass is 397 g/mol. The van der Waals surface area contributed by atoms with Gasteiger partial charge in [-0.1, -0.05) is 37.6 Å². The number of benzene rings is 2. The molecule has 0 aromatic heterocycles. The molecule has 28 heavy (non-hydrogen) atoms. The molecule has 148 valence electrons. The number of unbranched alkanes of at least 4 members (excludes halogenated alkanes) is 1. The van der Waals surface area contributed by atoms with Crippen molar-refractivity contribution in [1.82, 2.24) is 5.32 Å². The van der Waals surface area contributed by atoms with E-state index in [1.807, 2.05) is 18.2 Å². The van der Waals surface area contributed by atoms with Crippen LogP contribution in [0.1, 0.15) is 41.3 Å². The number of anilines is 2. The van der Waals surface area contributed by atoms with Crippen LogP contribution >= 0.6 is 11.8 Å². The molecule has 0 saturated heterocycles. The van der Waals surface area contributed by atoms with E-state index in [2.05, 4.69) is 41.9 Å². The second-order valence-corrected chi connectivity index (χ2v) is 8.03. The van der Waals surface area contributed by atoms with E-state index in [0.717, 1.165) is 24.3 Å². The minimum absolute atomic E-state index is 0.0617. The van der Waals surface area contributed by atoms with Crippen LogP contribution in [-0.4, -0.2) is 30.2 Å². The van der Waals surface area contributed by atoms with Crippen molar-refractivity contribution >= 4 is 35.0 Å². The lowest BCUT2D eigenvalue weighted by molar-refractivity contribution is -0.116. The fourth-order valence-electron chi connectivity index (χ4n) is 3.04. The van der Waals surface area contributed by atoms with Gasteiger partial charge in [0.15, 0.2) is 0 Å². The molecule has 1 aliphatic rings. The number of rotatable bonds is 8. The molecule has 2 aromatic carbocycles. The zero-order chi connectivity index (χ0) is 19.9. The highest BCUT2D eigenvalue weighted by atomic mass is 32.2. The van der Waals surface area contributed by atoms with Crippen molar-refractivity contribution in [2.24, 2.45) is 0 Å². The van der Waals surface area contributed by atoms with Gasteiger partial charge in [0.1, 0.15) is 6.04 Å². The summed E-state index contributed by atoms with van der Waals surface area (Å²) in [6.45, 7) is 4.85. The first-order chi connectivity index (χ1) is 13.6. The predicted octanol–water partition coefficient (Wildman–Crippen LogP) is 4.19. The Morgan fingerprint density at radius 1 is 1.18 bits per heavy atom. The Labute approximate surface area is 170 Å². The molecule has 1 atom stereocenters. The first-order valence-electron chi connectivity index (χ1n) is 9.70. The molecule has 1 heterocycles. The van der Waals surface area contributed by atoms with Crippen LogP contribution in [0.3, 0.4) is 0 Å². The Kier molecular flexibility index (Phi) is 6.98. The third kappa shape index (κ3) is 5.07. The summed E-state index contributed by atoms with van der Waals surface area (Å²) in [5.41, 5.74) is 4.64. The molecule has 2 aromatic rings. The summed E-state index contributed by atoms with van der Waals surface area (Å²) < 4.78 is 0. The Hall–Kier alpha value is -2.47. The maximum atomic E-state index is 12.5. The van der Waals surface area contributed by atoms with Crippen LogP contribution in [0.15, 0.2) is 42.5 Å². The predicted molar refractivity (Wildman–Crippen MR) is 117 cm³/mol. The van der Waals surface area contributed by atoms with Crippen LogP contribution in [0.25, 0.3) is 0 Å². The van der Waals surface area contributed by atoms with Crippen molar-refractivity contribution in [2.75, 3.05) is 22.9 Å². The highest BCUT2D eigenvalue weighted by molar-refractivity contribution is 7.98. The number of nitrogens with one attached hydrogen (secondary N) is 3. The van der Waals surface area contributed by atoms with Crippen molar-refractivity contribution in [3.8, 4) is 0 Å². The lowest BCUT2D eigenvalue weighted by atomic mass is 10.1. The van der Waals surface area contributed by atoms with Gasteiger partial charge < -0.3 is 16.0 Å². The van der Waals surface area contributed by atoms with Gasteiger partial charge in [-0.3, -0.25) is 9.59 Å². The third-order valence-corrected chi connectivity index (χ3v) is 5.89. The van der Waals surface area contributed by atoms with Crippen molar-refractivity contribution < 1.29 is 9.59 Å². The Bertz CT molecular complexity index is 853. The number of amides is 2. The lowest BCUT2D eigenvalue weighted by Gasteiger charge is -2.27. The van der Waals surface area contributed by atoms with E-state index in [1.165, 1.54) is 11.1 Å². The van der Waals surface area contributed by atoms with Crippen LogP contribution in [0.5, 0.6) is 0 Å². The lowest BCUT2D eigenvalue weighted by Crippen LogP contribution is -2.40. The molecular formula is C22H27N3O2S. The van der Waals surface area contributed by atoms with E-state index in [4.69, 9.17) is 0 Å². The largest absolute Gasteiger partial charge is 0.371 e. The Morgan fingerprint density at radius 2 is 2.00 bits per heavy atom. The topological polar surface area (TPSA) is 70.2 Å². The SMILES string of the molecule is CCCCNC(=O)c1ccc2c(c1)NC(=O)C(CSCc1ccccc1C)N2. The molecule has 0 spiro atoms. The molecule has 0 fully saturated rings. The van der Waals surface area contributed by atoms with Gasteiger partial charge in [0, 0.05) is 23.6 Å². The average molecular weight is 398 g/mol. The Morgan fingerprint density at radius 3 is 2.79 bits per heavy atom. The van der Waals surface area contributed by atoms with Gasteiger partial charge in [-0.05, 0) is 42.7 Å². The fraction of sp³-hybridized carbons (Fsp3) is 0.364. The van der Waals surface area contributed by atoms with Gasteiger partial charge in [-0.15, -0.1) is 0 Å². The van der Waals surface area contributed by atoms with Crippen molar-refractivity contribution in [3.63, 3.8) is 0 Å². The van der Waals surface area contributed by atoms with E-state index in [-0.39, 0.29) is 17.9 Å². The molecule has 5 nitrogen and oxygen atoms in total. The van der Waals surface area contributed by atoms with Gasteiger partial charge in [0.25, 0.3) is 5.91 Å². The minimum Gasteiger partial charge on any atom is -0.371 e. The van der Waals surface area contributed by atoms with E-state index in [1.54, 1.807) is 23.9 Å². The molecule has 3 N–H and O–H groups in total. The summed E-state index contributed by atoms with van der Waals surface area (Å²) in [6, 6.07) is 13.4. The van der Waals surface area contributed by atoms with E-state index in [0.29, 0.717) is 23.5 Å². The van der Waals surface area contributed by atoms with Crippen LogP contribution in [0.2, 0.25) is 0 Å². The smallest absolute Gasteiger partial charge is 0.251 e. The summed E-state index contributed by atoms with van der Waals surface area (Å²) in [5, 5.41) is 9.14. The number of carbonyl (C=O) groups excluding carboxylic acids is 2. The molecule has 1 unspecified atom stereocenters. The summed E-state index contributed by atoms with van der Waals surface area (Å²) in [5.74, 6) is 1.38. The summed E-state index contributed by atoms with van der Waals surface area (Å²) in [4.78, 5) is 24.7. The molecule has 2 amide bonds. The summed E-state index contributed by atoms with van der Waals surface area (Å²) >= 11 is 1.74. The van der Waals surface area contributed by atoms with Crippen molar-refractivity contribution in [1.29, 1.82) is 0 Å². The standard InChI is InChI=1S/C22H27N3O2S/c1-3-4-11-23-21(26)16-9-10-18-19(12-16)25-22(27)20(24-18)14-28-13-17-8-6-5-7-15(17)2/h5-10,12,20,24H,3-4,11,13-14H2,1-2H3,(H,23,26)(H,25,27). The van der Waals surface area contributed by atoms with Gasteiger partial charge in [0.2, 0.25) is 5.91 Å². The first kappa shape index (κ1) is 20.3. The number of hydrogen-bond donors (Lipinski definition) is 3. The second kappa shape index (κ2) is 9.64. The maximum Gasteiger partial charge on any atom is 0.251 e. The highest BCUT2D eigenvalue weighted by Gasteiger charge is 2.26. The number of carbonyl (C=O) groups is 2. The molecule has 6 heteroatoms. The summed E-state index contributed by atoms with van der Waals surface area (Å²) in [6.07, 6.45) is 1.99. The van der Waals surface area contributed by atoms with E-state index in [9.17, 15) is 9.59 Å². The normalized spacial score (nSPS) is 15.4. The van der Waals surface area contributed by atoms with E-state index < -0.39 is 0 Å². The minimum atomic E-state index is -0.286. The van der Waals surface area contributed by atoms with E-state index >= 15 is 0 Å². The van der Waals surface area contributed by atoms with Crippen LogP contribution in [0, 0.1) is 6.92 Å². The zero-order valence-corrected chi connectivity index (χ0v) is 17.2. The third-order valence-electron chi connectivity index (χ3n) is 4.81. The van der Waals surface area contributed by atoms with Crippen LogP contribution < -0.4 is 16.0 Å². The second-order valence-electron chi connectivity index (χ2n) is 7.00. The molecule has 0 saturated carbocycles.